The van der Waals surface area contributed by atoms with Gasteiger partial charge in [0.05, 0.1) is 31.8 Å². The summed E-state index contributed by atoms with van der Waals surface area (Å²) in [6.45, 7) is 5.56. The Bertz CT molecular complexity index is 1670. The van der Waals surface area contributed by atoms with E-state index >= 15 is 0 Å². The van der Waals surface area contributed by atoms with Crippen LogP contribution in [0, 0.1) is 0 Å². The van der Waals surface area contributed by atoms with E-state index in [9.17, 15) is 4.79 Å². The number of nitrogens with two attached hydrogens (primary N) is 1. The van der Waals surface area contributed by atoms with Gasteiger partial charge in [-0.05, 0) is 29.7 Å². The average molecular weight is 537 g/mol. The van der Waals surface area contributed by atoms with E-state index in [2.05, 4.69) is 57.6 Å². The Morgan fingerprint density at radius 2 is 1.90 bits per heavy atom. The van der Waals surface area contributed by atoms with Crippen LogP contribution in [0.3, 0.4) is 0 Å². The van der Waals surface area contributed by atoms with Crippen LogP contribution < -0.4 is 5.73 Å². The van der Waals surface area contributed by atoms with Crippen molar-refractivity contribution in [3.8, 4) is 11.1 Å². The minimum Gasteiger partial charge on any atom is -0.382 e. The van der Waals surface area contributed by atoms with E-state index in [1.807, 2.05) is 32.3 Å². The molecule has 0 bridgehead atoms. The van der Waals surface area contributed by atoms with Crippen molar-refractivity contribution in [3.05, 3.63) is 78.4 Å². The van der Waals surface area contributed by atoms with Crippen LogP contribution in [-0.4, -0.2) is 86.0 Å². The molecule has 3 aromatic heterocycles. The largest absolute Gasteiger partial charge is 0.382 e. The quantitative estimate of drug-likeness (QED) is 0.356. The smallest absolute Gasteiger partial charge is 0.236 e. The minimum absolute atomic E-state index is 0.165. The molecule has 5 aromatic rings. The molecule has 1 unspecified atom stereocenters. The highest BCUT2D eigenvalue weighted by atomic mass is 16.5. The summed E-state index contributed by atoms with van der Waals surface area (Å²) in [5.41, 5.74) is 12.4. The van der Waals surface area contributed by atoms with Gasteiger partial charge in [0.15, 0.2) is 5.82 Å². The first-order valence-electron chi connectivity index (χ1n) is 13.8. The van der Waals surface area contributed by atoms with Gasteiger partial charge in [0.1, 0.15) is 11.8 Å². The number of ether oxygens (including phenoxy) is 1. The van der Waals surface area contributed by atoms with Gasteiger partial charge >= 0.3 is 0 Å². The van der Waals surface area contributed by atoms with E-state index in [0.717, 1.165) is 59.3 Å². The molecule has 0 aliphatic carbocycles. The third-order valence-corrected chi connectivity index (χ3v) is 8.09. The molecule has 2 aromatic carbocycles. The standard InChI is InChI=1S/C30H32N8O2/c31-30-29-25(22-6-7-23-18-37(34-26(23)14-22)16-21-4-2-1-3-5-21)15-27(38(29)33-20-32-30)24-8-9-36(17-24)28(39)19-35-10-12-40-13-11-35/h1-7,14-15,18,20,24H,8-13,16-17,19H2,(H2,31,32,33). The average Bonchev–Trinajstić information content (AvgIpc) is 3.71. The molecule has 5 heterocycles. The first kappa shape index (κ1) is 24.7. The lowest BCUT2D eigenvalue weighted by Gasteiger charge is -2.28. The molecule has 1 amide bonds. The summed E-state index contributed by atoms with van der Waals surface area (Å²) >= 11 is 0. The predicted octanol–water partition coefficient (Wildman–Crippen LogP) is 3.02. The highest BCUT2D eigenvalue weighted by Gasteiger charge is 2.31. The Balaban J connectivity index is 1.17. The molecule has 10 nitrogen and oxygen atoms in total. The number of benzene rings is 2. The normalized spacial score (nSPS) is 18.2. The molecule has 2 fully saturated rings. The van der Waals surface area contributed by atoms with Crippen LogP contribution in [0.1, 0.15) is 23.6 Å². The zero-order valence-corrected chi connectivity index (χ0v) is 22.3. The predicted molar refractivity (Wildman–Crippen MR) is 153 cm³/mol. The topological polar surface area (TPSA) is 107 Å². The van der Waals surface area contributed by atoms with Gasteiger partial charge in [-0.3, -0.25) is 14.4 Å². The number of hydrogen-bond acceptors (Lipinski definition) is 7. The van der Waals surface area contributed by atoms with E-state index in [-0.39, 0.29) is 11.8 Å². The summed E-state index contributed by atoms with van der Waals surface area (Å²) in [5.74, 6) is 0.776. The zero-order valence-electron chi connectivity index (χ0n) is 22.3. The number of nitrogens with zero attached hydrogens (tertiary/aromatic N) is 7. The van der Waals surface area contributed by atoms with Gasteiger partial charge in [0.25, 0.3) is 0 Å². The monoisotopic (exact) mass is 536 g/mol. The van der Waals surface area contributed by atoms with Crippen molar-refractivity contribution in [3.63, 3.8) is 0 Å². The second-order valence-corrected chi connectivity index (χ2v) is 10.7. The van der Waals surface area contributed by atoms with Crippen molar-refractivity contribution in [2.24, 2.45) is 0 Å². The molecule has 10 heteroatoms. The molecule has 7 rings (SSSR count). The third-order valence-electron chi connectivity index (χ3n) is 8.09. The van der Waals surface area contributed by atoms with Crippen molar-refractivity contribution in [2.45, 2.75) is 18.9 Å². The molecular weight excluding hydrogens is 504 g/mol. The maximum absolute atomic E-state index is 13.1. The van der Waals surface area contributed by atoms with Crippen LogP contribution in [-0.2, 0) is 16.1 Å². The number of rotatable bonds is 6. The number of carbonyl (C=O) groups excluding carboxylic acids is 1. The Hall–Kier alpha value is -4.28. The van der Waals surface area contributed by atoms with Crippen LogP contribution in [0.25, 0.3) is 27.5 Å². The van der Waals surface area contributed by atoms with Crippen molar-refractivity contribution < 1.29 is 9.53 Å². The lowest BCUT2D eigenvalue weighted by Crippen LogP contribution is -2.44. The Morgan fingerprint density at radius 3 is 2.75 bits per heavy atom. The number of hydrogen-bond donors (Lipinski definition) is 1. The van der Waals surface area contributed by atoms with E-state index < -0.39 is 0 Å². The van der Waals surface area contributed by atoms with Gasteiger partial charge in [0.2, 0.25) is 5.91 Å². The summed E-state index contributed by atoms with van der Waals surface area (Å²) in [4.78, 5) is 21.5. The molecule has 2 N–H and O–H groups in total. The number of amides is 1. The van der Waals surface area contributed by atoms with Crippen LogP contribution in [0.4, 0.5) is 5.82 Å². The fraction of sp³-hybridized carbons (Fsp3) is 0.333. The molecule has 2 aliphatic rings. The summed E-state index contributed by atoms with van der Waals surface area (Å²) in [6.07, 6.45) is 4.46. The Morgan fingerprint density at radius 1 is 1.05 bits per heavy atom. The van der Waals surface area contributed by atoms with Crippen LogP contribution in [0.5, 0.6) is 0 Å². The lowest BCUT2D eigenvalue weighted by atomic mass is 10.0. The maximum Gasteiger partial charge on any atom is 0.236 e. The second kappa shape index (κ2) is 10.4. The van der Waals surface area contributed by atoms with Gasteiger partial charge in [-0.25, -0.2) is 9.50 Å². The first-order chi connectivity index (χ1) is 19.6. The Labute approximate surface area is 231 Å². The molecule has 0 radical (unpaired) electrons. The lowest BCUT2D eigenvalue weighted by molar-refractivity contribution is -0.132. The number of carbonyl (C=O) groups is 1. The maximum atomic E-state index is 13.1. The van der Waals surface area contributed by atoms with Crippen molar-refractivity contribution >= 4 is 28.1 Å². The summed E-state index contributed by atoms with van der Waals surface area (Å²) in [7, 11) is 0. The van der Waals surface area contributed by atoms with E-state index in [4.69, 9.17) is 15.6 Å². The van der Waals surface area contributed by atoms with E-state index in [1.165, 1.54) is 11.9 Å². The molecule has 204 valence electrons. The number of likely N-dealkylation sites (tertiary alicyclic amines) is 1. The van der Waals surface area contributed by atoms with Gasteiger partial charge in [-0.2, -0.15) is 10.2 Å². The first-order valence-corrected chi connectivity index (χ1v) is 13.8. The van der Waals surface area contributed by atoms with E-state index in [0.29, 0.717) is 38.7 Å². The zero-order chi connectivity index (χ0) is 27.1. The number of fused-ring (bicyclic) bond motifs is 2. The molecule has 1 atom stereocenters. The van der Waals surface area contributed by atoms with E-state index in [1.54, 1.807) is 0 Å². The number of nitrogen functional groups attached to an aromatic ring is 1. The Kier molecular flexibility index (Phi) is 6.41. The van der Waals surface area contributed by atoms with Gasteiger partial charge in [-0.15, -0.1) is 0 Å². The second-order valence-electron chi connectivity index (χ2n) is 10.7. The number of aromatic nitrogens is 5. The number of morpholine rings is 1. The molecule has 2 aliphatic heterocycles. The minimum atomic E-state index is 0.165. The van der Waals surface area contributed by atoms with Gasteiger partial charge in [-0.1, -0.05) is 42.5 Å². The van der Waals surface area contributed by atoms with Crippen molar-refractivity contribution in [2.75, 3.05) is 51.7 Å². The molecular formula is C30H32N8O2. The molecule has 0 spiro atoms. The van der Waals surface area contributed by atoms with Crippen molar-refractivity contribution in [1.29, 1.82) is 0 Å². The van der Waals surface area contributed by atoms with Crippen LogP contribution in [0.2, 0.25) is 0 Å². The SMILES string of the molecule is Nc1ncnn2c(C3CCN(C(=O)CN4CCOCC4)C3)cc(-c3ccc4cn(Cc5ccccc5)nc4c3)c12. The van der Waals surface area contributed by atoms with Gasteiger partial charge < -0.3 is 15.4 Å². The summed E-state index contributed by atoms with van der Waals surface area (Å²) in [6, 6.07) is 18.8. The highest BCUT2D eigenvalue weighted by molar-refractivity contribution is 5.92. The fourth-order valence-corrected chi connectivity index (χ4v) is 5.97. The molecule has 2 saturated heterocycles. The molecule has 40 heavy (non-hydrogen) atoms. The number of anilines is 1. The fourth-order valence-electron chi connectivity index (χ4n) is 5.97. The molecule has 0 saturated carbocycles. The van der Waals surface area contributed by atoms with Crippen LogP contribution >= 0.6 is 0 Å². The van der Waals surface area contributed by atoms with Gasteiger partial charge in [0, 0.05) is 54.9 Å². The van der Waals surface area contributed by atoms with Crippen molar-refractivity contribution in [1.82, 2.24) is 34.2 Å². The summed E-state index contributed by atoms with van der Waals surface area (Å²) in [5, 5.41) is 10.5. The highest BCUT2D eigenvalue weighted by Crippen LogP contribution is 2.37. The summed E-state index contributed by atoms with van der Waals surface area (Å²) < 4.78 is 9.31. The van der Waals surface area contributed by atoms with Crippen LogP contribution in [0.15, 0.2) is 67.1 Å². The third kappa shape index (κ3) is 4.69.